The van der Waals surface area contributed by atoms with E-state index in [0.717, 1.165) is 48.9 Å². The van der Waals surface area contributed by atoms with Gasteiger partial charge in [0.15, 0.2) is 0 Å². The van der Waals surface area contributed by atoms with Crippen LogP contribution in [-0.2, 0) is 9.59 Å². The van der Waals surface area contributed by atoms with Gasteiger partial charge in [0.05, 0.1) is 17.1 Å². The molecule has 1 fully saturated rings. The fourth-order valence-electron chi connectivity index (χ4n) is 4.46. The lowest BCUT2D eigenvalue weighted by Gasteiger charge is -2.26. The molecule has 2 aromatic rings. The Labute approximate surface area is 200 Å². The number of likely N-dealkylation sites (N-methyl/N-ethyl adjacent to an activating group) is 1. The molecule has 34 heavy (non-hydrogen) atoms. The van der Waals surface area contributed by atoms with Gasteiger partial charge in [0.1, 0.15) is 12.4 Å². The summed E-state index contributed by atoms with van der Waals surface area (Å²) < 4.78 is 2.12. The van der Waals surface area contributed by atoms with Crippen molar-refractivity contribution in [1.82, 2.24) is 24.7 Å². The molecule has 9 heteroatoms. The van der Waals surface area contributed by atoms with Gasteiger partial charge in [-0.2, -0.15) is 0 Å². The molecule has 2 aliphatic heterocycles. The molecule has 0 spiro atoms. The molecule has 4 rings (SSSR count). The van der Waals surface area contributed by atoms with Gasteiger partial charge in [0, 0.05) is 31.9 Å². The van der Waals surface area contributed by atoms with Crippen LogP contribution >= 0.6 is 0 Å². The van der Waals surface area contributed by atoms with Crippen molar-refractivity contribution in [2.24, 2.45) is 4.99 Å². The number of para-hydroxylation sites is 1. The molecule has 2 amide bonds. The van der Waals surface area contributed by atoms with Gasteiger partial charge in [0.2, 0.25) is 11.9 Å². The number of anilines is 1. The van der Waals surface area contributed by atoms with Gasteiger partial charge < -0.3 is 19.7 Å². The number of carbonyl (C=O) groups excluding carboxylic acids is 2. The van der Waals surface area contributed by atoms with E-state index in [-0.39, 0.29) is 17.9 Å². The first-order valence-corrected chi connectivity index (χ1v) is 11.8. The number of aryl methyl sites for hydroxylation is 1. The van der Waals surface area contributed by atoms with Gasteiger partial charge in [-0.15, -0.1) is 0 Å². The van der Waals surface area contributed by atoms with Crippen molar-refractivity contribution in [3.05, 3.63) is 47.7 Å². The summed E-state index contributed by atoms with van der Waals surface area (Å²) in [6, 6.07) is 5.99. The van der Waals surface area contributed by atoms with E-state index in [1.807, 2.05) is 42.1 Å². The highest BCUT2D eigenvalue weighted by molar-refractivity contribution is 6.05. The van der Waals surface area contributed by atoms with E-state index in [9.17, 15) is 9.59 Å². The van der Waals surface area contributed by atoms with Crippen LogP contribution in [0.4, 0.5) is 5.95 Å². The number of rotatable bonds is 6. The van der Waals surface area contributed by atoms with Crippen molar-refractivity contribution in [3.8, 4) is 0 Å². The number of carbonyl (C=O) groups is 2. The predicted octanol–water partition coefficient (Wildman–Crippen LogP) is 2.47. The second-order valence-electron chi connectivity index (χ2n) is 9.05. The van der Waals surface area contributed by atoms with Crippen LogP contribution in [0.5, 0.6) is 0 Å². The van der Waals surface area contributed by atoms with Crippen LogP contribution in [0, 0.1) is 6.92 Å². The average molecular weight is 464 g/mol. The van der Waals surface area contributed by atoms with Gasteiger partial charge in [-0.05, 0) is 58.0 Å². The number of aromatic nitrogens is 2. The molecule has 3 heterocycles. The van der Waals surface area contributed by atoms with Crippen molar-refractivity contribution in [2.45, 2.75) is 32.2 Å². The van der Waals surface area contributed by atoms with Gasteiger partial charge in [-0.25, -0.2) is 4.98 Å². The first-order valence-electron chi connectivity index (χ1n) is 11.8. The maximum Gasteiger partial charge on any atom is 0.274 e. The summed E-state index contributed by atoms with van der Waals surface area (Å²) in [5, 5.41) is 6.00. The van der Waals surface area contributed by atoms with E-state index in [1.54, 1.807) is 18.4 Å². The third-order valence-electron chi connectivity index (χ3n) is 6.14. The summed E-state index contributed by atoms with van der Waals surface area (Å²) in [4.78, 5) is 38.7. The Morgan fingerprint density at radius 2 is 2.15 bits per heavy atom. The third kappa shape index (κ3) is 5.36. The molecule has 0 saturated carbocycles. The van der Waals surface area contributed by atoms with Crippen LogP contribution < -0.4 is 10.6 Å². The Morgan fingerprint density at radius 1 is 1.29 bits per heavy atom. The van der Waals surface area contributed by atoms with Crippen LogP contribution in [0.25, 0.3) is 11.0 Å². The summed E-state index contributed by atoms with van der Waals surface area (Å²) >= 11 is 0. The van der Waals surface area contributed by atoms with Crippen LogP contribution in [0.2, 0.25) is 0 Å². The Hall–Kier alpha value is -3.46. The highest BCUT2D eigenvalue weighted by Crippen LogP contribution is 2.32. The molecule has 9 nitrogen and oxygen atoms in total. The zero-order valence-electron chi connectivity index (χ0n) is 20.1. The number of nitrogens with one attached hydrogen (secondary N) is 2. The van der Waals surface area contributed by atoms with E-state index in [0.29, 0.717) is 24.9 Å². The van der Waals surface area contributed by atoms with Crippen molar-refractivity contribution in [2.75, 3.05) is 45.7 Å². The van der Waals surface area contributed by atoms with E-state index in [2.05, 4.69) is 33.2 Å². The topological polar surface area (TPSA) is 94.9 Å². The molecule has 0 bridgehead atoms. The van der Waals surface area contributed by atoms with Crippen molar-refractivity contribution >= 4 is 35.0 Å². The summed E-state index contributed by atoms with van der Waals surface area (Å²) in [5.74, 6) is 0.270. The van der Waals surface area contributed by atoms with E-state index in [4.69, 9.17) is 4.98 Å². The lowest BCUT2D eigenvalue weighted by atomic mass is 10.1. The van der Waals surface area contributed by atoms with E-state index >= 15 is 0 Å². The number of hydrogen-bond acceptors (Lipinski definition) is 6. The van der Waals surface area contributed by atoms with Crippen molar-refractivity contribution in [3.63, 3.8) is 0 Å². The molecule has 1 atom stereocenters. The Balaban J connectivity index is 1.66. The molecule has 1 saturated heterocycles. The minimum atomic E-state index is -0.256. The number of fused-ring (bicyclic) bond motifs is 1. The average Bonchev–Trinajstić information content (AvgIpc) is 3.01. The van der Waals surface area contributed by atoms with Crippen LogP contribution in [-0.4, -0.2) is 77.8 Å². The molecular formula is C25H33N7O2. The smallest absolute Gasteiger partial charge is 0.274 e. The summed E-state index contributed by atoms with van der Waals surface area (Å²) in [7, 11) is 3.95. The quantitative estimate of drug-likeness (QED) is 0.642. The maximum absolute atomic E-state index is 12.9. The lowest BCUT2D eigenvalue weighted by Crippen LogP contribution is -2.35. The highest BCUT2D eigenvalue weighted by Gasteiger charge is 2.27. The molecule has 1 unspecified atom stereocenters. The fraction of sp³-hybridized carbons (Fsp3) is 0.440. The standard InChI is InChI=1S/C25H33N7O2/c1-18-8-6-10-20-23(18)32(25(28-20)29-24(34)21-12-13-26-17-27-21)19-9-4-5-15-31(16-19)22(33)11-7-14-30(2)3/h6-8,10-13,19,27H,4-5,9,14-17H2,1-3H3,(H,28,29,34)/b11-7+. The zero-order chi connectivity index (χ0) is 24.1. The van der Waals surface area contributed by atoms with Gasteiger partial charge >= 0.3 is 0 Å². The molecule has 0 aliphatic carbocycles. The lowest BCUT2D eigenvalue weighted by molar-refractivity contribution is -0.126. The first-order chi connectivity index (χ1) is 16.4. The van der Waals surface area contributed by atoms with E-state index in [1.165, 1.54) is 0 Å². The second kappa shape index (κ2) is 10.6. The molecular weight excluding hydrogens is 430 g/mol. The fourth-order valence-corrected chi connectivity index (χ4v) is 4.46. The number of allylic oxidation sites excluding steroid dienone is 1. The number of amides is 2. The number of aliphatic imine (C=N–C) groups is 1. The number of benzene rings is 1. The second-order valence-corrected chi connectivity index (χ2v) is 9.05. The summed E-state index contributed by atoms with van der Waals surface area (Å²) in [6.45, 7) is 4.44. The van der Waals surface area contributed by atoms with Crippen LogP contribution in [0.1, 0.15) is 30.9 Å². The number of imidazole rings is 1. The number of hydrogen-bond donors (Lipinski definition) is 2. The van der Waals surface area contributed by atoms with Crippen molar-refractivity contribution in [1.29, 1.82) is 0 Å². The molecule has 180 valence electrons. The summed E-state index contributed by atoms with van der Waals surface area (Å²) in [6.07, 6.45) is 9.71. The largest absolute Gasteiger partial charge is 0.362 e. The first kappa shape index (κ1) is 23.7. The van der Waals surface area contributed by atoms with Gasteiger partial charge in [-0.3, -0.25) is 19.9 Å². The Kier molecular flexibility index (Phi) is 7.42. The van der Waals surface area contributed by atoms with Crippen LogP contribution in [0.3, 0.4) is 0 Å². The Bertz CT molecular complexity index is 1150. The summed E-state index contributed by atoms with van der Waals surface area (Å²) in [5.41, 5.74) is 3.36. The Morgan fingerprint density at radius 3 is 2.91 bits per heavy atom. The minimum Gasteiger partial charge on any atom is -0.362 e. The van der Waals surface area contributed by atoms with Crippen molar-refractivity contribution < 1.29 is 9.59 Å². The maximum atomic E-state index is 12.9. The van der Waals surface area contributed by atoms with E-state index < -0.39 is 0 Å². The SMILES string of the molecule is Cc1cccc2nc(NC(=O)C3=CC=NCN3)n(C3CCCCN(C(=O)/C=C/CN(C)C)C3)c12. The molecule has 0 radical (unpaired) electrons. The van der Waals surface area contributed by atoms with Gasteiger partial charge in [-0.1, -0.05) is 18.2 Å². The molecule has 2 N–H and O–H groups in total. The molecule has 2 aliphatic rings. The third-order valence-corrected chi connectivity index (χ3v) is 6.14. The monoisotopic (exact) mass is 463 g/mol. The zero-order valence-corrected chi connectivity index (χ0v) is 20.1. The molecule has 1 aromatic carbocycles. The van der Waals surface area contributed by atoms with Crippen LogP contribution in [0.15, 0.2) is 47.1 Å². The number of likely N-dealkylation sites (tertiary alicyclic amines) is 1. The van der Waals surface area contributed by atoms with Gasteiger partial charge in [0.25, 0.3) is 5.91 Å². The predicted molar refractivity (Wildman–Crippen MR) is 135 cm³/mol. The highest BCUT2D eigenvalue weighted by atomic mass is 16.2. The minimum absolute atomic E-state index is 0.00459. The molecule has 1 aromatic heterocycles. The number of nitrogens with zero attached hydrogens (tertiary/aromatic N) is 5. The normalized spacial score (nSPS) is 18.8.